The second-order valence-corrected chi connectivity index (χ2v) is 8.67. The summed E-state index contributed by atoms with van der Waals surface area (Å²) in [5.74, 6) is 0.829. The molecular weight excluding hydrogens is 398 g/mol. The number of aromatic nitrogens is 6. The van der Waals surface area contributed by atoms with Crippen molar-refractivity contribution in [1.29, 1.82) is 0 Å². The summed E-state index contributed by atoms with van der Waals surface area (Å²) in [6, 6.07) is 10.3. The molecule has 32 heavy (non-hydrogen) atoms. The Hall–Kier alpha value is -3.58. The molecule has 0 aromatic carbocycles. The highest BCUT2D eigenvalue weighted by Crippen LogP contribution is 2.29. The molecule has 5 heterocycles. The van der Waals surface area contributed by atoms with Gasteiger partial charge in [0.1, 0.15) is 11.2 Å². The number of nitrogens with one attached hydrogen (secondary N) is 3. The molecule has 7 heteroatoms. The molecule has 6 rings (SSSR count). The van der Waals surface area contributed by atoms with Gasteiger partial charge in [0.25, 0.3) is 0 Å². The van der Waals surface area contributed by atoms with E-state index in [9.17, 15) is 0 Å². The lowest BCUT2D eigenvalue weighted by atomic mass is 10.1. The van der Waals surface area contributed by atoms with Gasteiger partial charge in [-0.1, -0.05) is 12.8 Å². The Labute approximate surface area is 185 Å². The van der Waals surface area contributed by atoms with Gasteiger partial charge in [-0.15, -0.1) is 0 Å². The third-order valence-corrected chi connectivity index (χ3v) is 6.41. The van der Waals surface area contributed by atoms with Crippen LogP contribution >= 0.6 is 0 Å². The maximum atomic E-state index is 4.95. The lowest BCUT2D eigenvalue weighted by Gasteiger charge is -2.11. The average Bonchev–Trinajstić information content (AvgIpc) is 3.58. The van der Waals surface area contributed by atoms with Gasteiger partial charge in [-0.25, -0.2) is 4.98 Å². The van der Waals surface area contributed by atoms with Crippen molar-refractivity contribution in [2.75, 3.05) is 6.54 Å². The first kappa shape index (κ1) is 19.1. The summed E-state index contributed by atoms with van der Waals surface area (Å²) in [6.07, 6.45) is 12.9. The molecule has 0 atom stereocenters. The number of fused-ring (bicyclic) bond motifs is 2. The predicted octanol–water partition coefficient (Wildman–Crippen LogP) is 4.84. The topological polar surface area (TPSA) is 95.2 Å². The highest BCUT2D eigenvalue weighted by molar-refractivity contribution is 5.94. The van der Waals surface area contributed by atoms with Crippen molar-refractivity contribution in [2.45, 2.75) is 32.2 Å². The van der Waals surface area contributed by atoms with Crippen LogP contribution in [0.1, 0.15) is 31.2 Å². The summed E-state index contributed by atoms with van der Waals surface area (Å²) in [5.41, 5.74) is 7.59. The lowest BCUT2D eigenvalue weighted by molar-refractivity contribution is 0.489. The van der Waals surface area contributed by atoms with Crippen molar-refractivity contribution in [3.63, 3.8) is 0 Å². The van der Waals surface area contributed by atoms with Crippen molar-refractivity contribution < 1.29 is 0 Å². The zero-order valence-corrected chi connectivity index (χ0v) is 17.8. The molecule has 5 aromatic heterocycles. The molecule has 0 aliphatic heterocycles. The van der Waals surface area contributed by atoms with E-state index in [0.29, 0.717) is 0 Å². The SMILES string of the molecule is c1cc2[nH]c(-c3n[nH]c4ccc(-c5cncc(CNCC6CCCC6)c5)nc34)cc2cn1. The maximum absolute atomic E-state index is 4.95. The number of nitrogens with zero attached hydrogens (tertiary/aromatic N) is 4. The molecule has 5 aromatic rings. The number of hydrogen-bond donors (Lipinski definition) is 3. The van der Waals surface area contributed by atoms with Crippen LogP contribution in [0.15, 0.2) is 55.1 Å². The molecule has 7 nitrogen and oxygen atoms in total. The van der Waals surface area contributed by atoms with Crippen LogP contribution < -0.4 is 5.32 Å². The molecule has 1 aliphatic rings. The van der Waals surface area contributed by atoms with E-state index in [4.69, 9.17) is 4.98 Å². The predicted molar refractivity (Wildman–Crippen MR) is 126 cm³/mol. The van der Waals surface area contributed by atoms with Gasteiger partial charge >= 0.3 is 0 Å². The summed E-state index contributed by atoms with van der Waals surface area (Å²) in [4.78, 5) is 17.0. The van der Waals surface area contributed by atoms with Crippen LogP contribution in [0.25, 0.3) is 44.6 Å². The van der Waals surface area contributed by atoms with Crippen LogP contribution in [-0.2, 0) is 6.54 Å². The van der Waals surface area contributed by atoms with Gasteiger partial charge in [0.05, 0.1) is 16.9 Å². The van der Waals surface area contributed by atoms with E-state index in [1.807, 2.05) is 36.8 Å². The quantitative estimate of drug-likeness (QED) is 0.363. The lowest BCUT2D eigenvalue weighted by Crippen LogP contribution is -2.20. The molecule has 0 spiro atoms. The molecule has 0 bridgehead atoms. The third kappa shape index (κ3) is 3.65. The zero-order valence-electron chi connectivity index (χ0n) is 17.8. The highest BCUT2D eigenvalue weighted by atomic mass is 15.1. The Bertz CT molecular complexity index is 1340. The normalized spacial score (nSPS) is 14.6. The Kier molecular flexibility index (Phi) is 4.88. The summed E-state index contributed by atoms with van der Waals surface area (Å²) in [5, 5.41) is 12.3. The molecular formula is C25H25N7. The van der Waals surface area contributed by atoms with Gasteiger partial charge in [-0.3, -0.25) is 15.1 Å². The smallest absolute Gasteiger partial charge is 0.135 e. The van der Waals surface area contributed by atoms with Crippen LogP contribution in [0.4, 0.5) is 0 Å². The second kappa shape index (κ2) is 8.16. The standard InChI is InChI=1S/C25H25N7/c1-2-4-16(3-1)11-27-12-17-9-18(15-28-13-17)20-5-6-22-24(30-20)25(32-31-22)23-10-19-14-26-8-7-21(19)29-23/h5-10,13-16,27,29H,1-4,11-12H2,(H,31,32). The molecule has 1 fully saturated rings. The van der Waals surface area contributed by atoms with E-state index < -0.39 is 0 Å². The van der Waals surface area contributed by atoms with Crippen LogP contribution in [-0.4, -0.2) is 36.7 Å². The first-order valence-electron chi connectivity index (χ1n) is 11.3. The Balaban J connectivity index is 1.28. The Morgan fingerprint density at radius 2 is 1.91 bits per heavy atom. The van der Waals surface area contributed by atoms with Gasteiger partial charge in [0.15, 0.2) is 0 Å². The molecule has 1 aliphatic carbocycles. The van der Waals surface area contributed by atoms with Crippen molar-refractivity contribution in [3.8, 4) is 22.6 Å². The van der Waals surface area contributed by atoms with E-state index >= 15 is 0 Å². The van der Waals surface area contributed by atoms with Gasteiger partial charge < -0.3 is 10.3 Å². The van der Waals surface area contributed by atoms with E-state index in [-0.39, 0.29) is 0 Å². The number of rotatable bonds is 6. The minimum atomic E-state index is 0.806. The molecule has 0 amide bonds. The molecule has 0 unspecified atom stereocenters. The van der Waals surface area contributed by atoms with Crippen LogP contribution in [0.5, 0.6) is 0 Å². The Morgan fingerprint density at radius 3 is 2.81 bits per heavy atom. The molecule has 0 saturated heterocycles. The van der Waals surface area contributed by atoms with E-state index in [1.165, 1.54) is 31.2 Å². The maximum Gasteiger partial charge on any atom is 0.135 e. The van der Waals surface area contributed by atoms with Crippen LogP contribution in [0.2, 0.25) is 0 Å². The van der Waals surface area contributed by atoms with Gasteiger partial charge in [-0.2, -0.15) is 5.10 Å². The third-order valence-electron chi connectivity index (χ3n) is 6.41. The molecule has 160 valence electrons. The number of aromatic amines is 2. The summed E-state index contributed by atoms with van der Waals surface area (Å²) < 4.78 is 0. The van der Waals surface area contributed by atoms with E-state index in [2.05, 4.69) is 42.6 Å². The van der Waals surface area contributed by atoms with Gasteiger partial charge in [-0.05, 0) is 61.2 Å². The number of pyridine rings is 3. The number of H-pyrrole nitrogens is 2. The summed E-state index contributed by atoms with van der Waals surface area (Å²) >= 11 is 0. The first-order valence-corrected chi connectivity index (χ1v) is 11.3. The monoisotopic (exact) mass is 423 g/mol. The minimum Gasteiger partial charge on any atom is -0.353 e. The van der Waals surface area contributed by atoms with Crippen LogP contribution in [0, 0.1) is 5.92 Å². The fourth-order valence-corrected chi connectivity index (χ4v) is 4.71. The van der Waals surface area contributed by atoms with Crippen molar-refractivity contribution in [3.05, 3.63) is 60.7 Å². The van der Waals surface area contributed by atoms with Crippen molar-refractivity contribution in [2.24, 2.45) is 5.92 Å². The first-order chi connectivity index (χ1) is 15.8. The molecule has 3 N–H and O–H groups in total. The van der Waals surface area contributed by atoms with Crippen molar-refractivity contribution >= 4 is 21.9 Å². The minimum absolute atomic E-state index is 0.806. The molecule has 1 saturated carbocycles. The summed E-state index contributed by atoms with van der Waals surface area (Å²) in [6.45, 7) is 1.92. The Morgan fingerprint density at radius 1 is 0.969 bits per heavy atom. The van der Waals surface area contributed by atoms with Crippen LogP contribution in [0.3, 0.4) is 0 Å². The fourth-order valence-electron chi connectivity index (χ4n) is 4.71. The average molecular weight is 424 g/mol. The molecule has 0 radical (unpaired) electrons. The summed E-state index contributed by atoms with van der Waals surface area (Å²) in [7, 11) is 0. The number of hydrogen-bond acceptors (Lipinski definition) is 5. The van der Waals surface area contributed by atoms with Gasteiger partial charge in [0.2, 0.25) is 0 Å². The largest absolute Gasteiger partial charge is 0.353 e. The fraction of sp³-hybridized carbons (Fsp3) is 0.280. The highest BCUT2D eigenvalue weighted by Gasteiger charge is 2.15. The van der Waals surface area contributed by atoms with Crippen molar-refractivity contribution in [1.82, 2.24) is 35.5 Å². The second-order valence-electron chi connectivity index (χ2n) is 8.67. The van der Waals surface area contributed by atoms with Gasteiger partial charge in [0, 0.05) is 47.8 Å². The van der Waals surface area contributed by atoms with E-state index in [1.54, 1.807) is 6.20 Å². The zero-order chi connectivity index (χ0) is 21.3. The van der Waals surface area contributed by atoms with E-state index in [0.717, 1.165) is 63.6 Å².